The van der Waals surface area contributed by atoms with Crippen molar-refractivity contribution in [1.29, 1.82) is 0 Å². The molecule has 3 rings (SSSR count). The number of amides is 2. The van der Waals surface area contributed by atoms with Gasteiger partial charge in [-0.25, -0.2) is 9.18 Å². The van der Waals surface area contributed by atoms with E-state index in [4.69, 9.17) is 0 Å². The minimum Gasteiger partial charge on any atom is -0.335 e. The second-order valence-corrected chi connectivity index (χ2v) is 7.12. The number of carbonyl (C=O) groups is 1. The lowest BCUT2D eigenvalue weighted by molar-refractivity contribution is 0.124. The van der Waals surface area contributed by atoms with Crippen LogP contribution in [0.5, 0.6) is 0 Å². The standard InChI is InChI=1S/C20H28FN3O/c1-2-12-23-13-10-17(11-14-23)22-20(25)24(18-7-5-8-18)15-16-6-3-4-9-19(16)21/h2-4,6,9,17-18H,1,5,7-8,10-15H2,(H,22,25). The predicted octanol–water partition coefficient (Wildman–Crippen LogP) is 3.54. The Kier molecular flexibility index (Phi) is 6.08. The maximum Gasteiger partial charge on any atom is 0.318 e. The first-order chi connectivity index (χ1) is 12.2. The number of nitrogens with zero attached hydrogens (tertiary/aromatic N) is 2. The molecular formula is C20H28FN3O. The average molecular weight is 345 g/mol. The number of halogens is 1. The number of hydrogen-bond acceptors (Lipinski definition) is 2. The van der Waals surface area contributed by atoms with E-state index in [-0.39, 0.29) is 23.9 Å². The maximum absolute atomic E-state index is 14.0. The molecule has 136 valence electrons. The lowest BCUT2D eigenvalue weighted by Crippen LogP contribution is -2.53. The molecule has 0 atom stereocenters. The number of urea groups is 1. The van der Waals surface area contributed by atoms with Gasteiger partial charge in [0.2, 0.25) is 0 Å². The monoisotopic (exact) mass is 345 g/mol. The molecule has 0 radical (unpaired) electrons. The van der Waals surface area contributed by atoms with Crippen LogP contribution in [0.2, 0.25) is 0 Å². The molecule has 1 saturated heterocycles. The minimum absolute atomic E-state index is 0.0462. The van der Waals surface area contributed by atoms with Crippen LogP contribution in [0.4, 0.5) is 9.18 Å². The van der Waals surface area contributed by atoms with Gasteiger partial charge in [-0.3, -0.25) is 4.90 Å². The lowest BCUT2D eigenvalue weighted by atomic mass is 9.91. The summed E-state index contributed by atoms with van der Waals surface area (Å²) in [6.07, 6.45) is 7.01. The molecule has 1 aromatic rings. The summed E-state index contributed by atoms with van der Waals surface area (Å²) < 4.78 is 14.0. The van der Waals surface area contributed by atoms with Gasteiger partial charge >= 0.3 is 6.03 Å². The first kappa shape index (κ1) is 17.9. The number of benzene rings is 1. The third-order valence-electron chi connectivity index (χ3n) is 5.38. The van der Waals surface area contributed by atoms with Crippen molar-refractivity contribution < 1.29 is 9.18 Å². The fourth-order valence-corrected chi connectivity index (χ4v) is 3.58. The van der Waals surface area contributed by atoms with Crippen LogP contribution in [0.3, 0.4) is 0 Å². The van der Waals surface area contributed by atoms with E-state index in [9.17, 15) is 9.18 Å². The largest absolute Gasteiger partial charge is 0.335 e. The Morgan fingerprint density at radius 1 is 1.28 bits per heavy atom. The molecular weight excluding hydrogens is 317 g/mol. The van der Waals surface area contributed by atoms with Crippen molar-refractivity contribution in [1.82, 2.24) is 15.1 Å². The van der Waals surface area contributed by atoms with E-state index in [0.717, 1.165) is 51.7 Å². The molecule has 0 aromatic heterocycles. The highest BCUT2D eigenvalue weighted by Gasteiger charge is 2.31. The zero-order chi connectivity index (χ0) is 17.6. The smallest absolute Gasteiger partial charge is 0.318 e. The number of piperidine rings is 1. The Hall–Kier alpha value is -1.88. The highest BCUT2D eigenvalue weighted by atomic mass is 19.1. The summed E-state index contributed by atoms with van der Waals surface area (Å²) in [4.78, 5) is 17.0. The third-order valence-corrected chi connectivity index (χ3v) is 5.38. The Morgan fingerprint density at radius 2 is 2.00 bits per heavy atom. The van der Waals surface area contributed by atoms with Gasteiger partial charge in [-0.1, -0.05) is 24.3 Å². The number of carbonyl (C=O) groups excluding carboxylic acids is 1. The third kappa shape index (κ3) is 4.60. The van der Waals surface area contributed by atoms with E-state index in [1.54, 1.807) is 12.1 Å². The van der Waals surface area contributed by atoms with Gasteiger partial charge < -0.3 is 10.2 Å². The molecule has 4 nitrogen and oxygen atoms in total. The van der Waals surface area contributed by atoms with E-state index in [1.165, 1.54) is 6.07 Å². The van der Waals surface area contributed by atoms with Gasteiger partial charge in [0, 0.05) is 37.3 Å². The predicted molar refractivity (Wildman–Crippen MR) is 97.8 cm³/mol. The van der Waals surface area contributed by atoms with E-state index < -0.39 is 0 Å². The van der Waals surface area contributed by atoms with E-state index in [2.05, 4.69) is 16.8 Å². The van der Waals surface area contributed by atoms with Gasteiger partial charge in [0.25, 0.3) is 0 Å². The fourth-order valence-electron chi connectivity index (χ4n) is 3.58. The molecule has 1 aromatic carbocycles. The summed E-state index contributed by atoms with van der Waals surface area (Å²) >= 11 is 0. The van der Waals surface area contributed by atoms with Crippen LogP contribution in [0.15, 0.2) is 36.9 Å². The highest BCUT2D eigenvalue weighted by molar-refractivity contribution is 5.75. The lowest BCUT2D eigenvalue weighted by Gasteiger charge is -2.39. The number of hydrogen-bond donors (Lipinski definition) is 1. The molecule has 5 heteroatoms. The zero-order valence-corrected chi connectivity index (χ0v) is 14.8. The maximum atomic E-state index is 14.0. The fraction of sp³-hybridized carbons (Fsp3) is 0.550. The van der Waals surface area contributed by atoms with Gasteiger partial charge in [0.1, 0.15) is 5.82 Å². The Balaban J connectivity index is 1.58. The van der Waals surface area contributed by atoms with Crippen LogP contribution < -0.4 is 5.32 Å². The number of rotatable bonds is 6. The van der Waals surface area contributed by atoms with Crippen LogP contribution >= 0.6 is 0 Å². The van der Waals surface area contributed by atoms with Crippen LogP contribution in [0.1, 0.15) is 37.7 Å². The van der Waals surface area contributed by atoms with Gasteiger partial charge in [-0.2, -0.15) is 0 Å². The molecule has 2 aliphatic rings. The van der Waals surface area contributed by atoms with Gasteiger partial charge in [-0.05, 0) is 38.2 Å². The SMILES string of the molecule is C=CCN1CCC(NC(=O)N(Cc2ccccc2F)C2CCC2)CC1. The van der Waals surface area contributed by atoms with Crippen LogP contribution in [-0.4, -0.2) is 47.5 Å². The van der Waals surface area contributed by atoms with E-state index in [0.29, 0.717) is 12.1 Å². The molecule has 0 spiro atoms. The van der Waals surface area contributed by atoms with Crippen molar-refractivity contribution in [2.75, 3.05) is 19.6 Å². The summed E-state index contributed by atoms with van der Waals surface area (Å²) in [5.41, 5.74) is 0.588. The van der Waals surface area contributed by atoms with Gasteiger partial charge in [-0.15, -0.1) is 6.58 Å². The number of likely N-dealkylation sites (tertiary alicyclic amines) is 1. The molecule has 1 saturated carbocycles. The quantitative estimate of drug-likeness (QED) is 0.801. The second-order valence-electron chi connectivity index (χ2n) is 7.12. The summed E-state index contributed by atoms with van der Waals surface area (Å²) in [6, 6.07) is 7.13. The second kappa shape index (κ2) is 8.48. The summed E-state index contributed by atoms with van der Waals surface area (Å²) in [7, 11) is 0. The Morgan fingerprint density at radius 3 is 2.60 bits per heavy atom. The average Bonchev–Trinajstić information content (AvgIpc) is 2.56. The van der Waals surface area contributed by atoms with Gasteiger partial charge in [0.15, 0.2) is 0 Å². The van der Waals surface area contributed by atoms with Crippen molar-refractivity contribution >= 4 is 6.03 Å². The van der Waals surface area contributed by atoms with E-state index >= 15 is 0 Å². The molecule has 25 heavy (non-hydrogen) atoms. The van der Waals surface area contributed by atoms with Crippen molar-refractivity contribution in [2.24, 2.45) is 0 Å². The zero-order valence-electron chi connectivity index (χ0n) is 14.8. The summed E-state index contributed by atoms with van der Waals surface area (Å²) in [5.74, 6) is -0.239. The van der Waals surface area contributed by atoms with Crippen molar-refractivity contribution in [2.45, 2.75) is 50.7 Å². The van der Waals surface area contributed by atoms with Crippen molar-refractivity contribution in [3.05, 3.63) is 48.3 Å². The topological polar surface area (TPSA) is 35.6 Å². The van der Waals surface area contributed by atoms with Crippen molar-refractivity contribution in [3.63, 3.8) is 0 Å². The number of nitrogens with one attached hydrogen (secondary N) is 1. The Labute approximate surface area is 149 Å². The summed E-state index contributed by atoms with van der Waals surface area (Å²) in [5, 5.41) is 3.18. The molecule has 1 N–H and O–H groups in total. The highest BCUT2D eigenvalue weighted by Crippen LogP contribution is 2.27. The Bertz CT molecular complexity index is 594. The first-order valence-corrected chi connectivity index (χ1v) is 9.31. The van der Waals surface area contributed by atoms with E-state index in [1.807, 2.05) is 17.0 Å². The minimum atomic E-state index is -0.239. The molecule has 1 heterocycles. The van der Waals surface area contributed by atoms with Gasteiger partial charge in [0.05, 0.1) is 6.54 Å². The first-order valence-electron chi connectivity index (χ1n) is 9.31. The molecule has 1 aliphatic heterocycles. The van der Waals surface area contributed by atoms with Crippen molar-refractivity contribution in [3.8, 4) is 0 Å². The molecule has 2 amide bonds. The molecule has 1 aliphatic carbocycles. The van der Waals surface area contributed by atoms with Crippen LogP contribution in [-0.2, 0) is 6.54 Å². The normalized spacial score (nSPS) is 19.2. The summed E-state index contributed by atoms with van der Waals surface area (Å²) in [6.45, 7) is 6.99. The molecule has 0 bridgehead atoms. The molecule has 0 unspecified atom stereocenters. The molecule has 2 fully saturated rings. The van der Waals surface area contributed by atoms with Crippen LogP contribution in [0, 0.1) is 5.82 Å². The van der Waals surface area contributed by atoms with Crippen LogP contribution in [0.25, 0.3) is 0 Å².